The number of allylic oxidation sites excluding steroid dienone is 4. The summed E-state index contributed by atoms with van der Waals surface area (Å²) in [7, 11) is -0.799. The van der Waals surface area contributed by atoms with E-state index in [1.165, 1.54) is 18.9 Å². The standard InChI is InChI=1S/C10H18Si/c1-11(2,3)9-8-10-6-4-5-7-10/h4,6-7H,5,8-9H2,1-3H3. The van der Waals surface area contributed by atoms with Gasteiger partial charge >= 0.3 is 0 Å². The van der Waals surface area contributed by atoms with E-state index in [0.717, 1.165) is 0 Å². The third kappa shape index (κ3) is 3.56. The monoisotopic (exact) mass is 166 g/mol. The molecule has 0 heterocycles. The van der Waals surface area contributed by atoms with Gasteiger partial charge in [-0.3, -0.25) is 0 Å². The molecule has 0 aromatic carbocycles. The molecule has 0 aromatic rings. The molecule has 0 aromatic heterocycles. The summed E-state index contributed by atoms with van der Waals surface area (Å²) in [5.74, 6) is 0. The Hall–Kier alpha value is -0.303. The van der Waals surface area contributed by atoms with E-state index < -0.39 is 8.07 Å². The van der Waals surface area contributed by atoms with E-state index in [0.29, 0.717) is 0 Å². The smallest absolute Gasteiger partial charge is 0.0445 e. The van der Waals surface area contributed by atoms with E-state index in [2.05, 4.69) is 37.9 Å². The van der Waals surface area contributed by atoms with Crippen LogP contribution in [0, 0.1) is 0 Å². The maximum absolute atomic E-state index is 2.44. The molecule has 11 heavy (non-hydrogen) atoms. The third-order valence-corrected chi connectivity index (χ3v) is 3.76. The number of rotatable bonds is 3. The van der Waals surface area contributed by atoms with Crippen LogP contribution >= 0.6 is 0 Å². The van der Waals surface area contributed by atoms with Crippen LogP contribution in [0.2, 0.25) is 25.7 Å². The van der Waals surface area contributed by atoms with Crippen molar-refractivity contribution in [2.45, 2.75) is 38.5 Å². The lowest BCUT2D eigenvalue weighted by molar-refractivity contribution is 1.10. The molecule has 1 heteroatoms. The SMILES string of the molecule is C[Si](C)(C)CCC1=CCC=C1. The minimum Gasteiger partial charge on any atom is -0.0805 e. The van der Waals surface area contributed by atoms with Crippen molar-refractivity contribution in [1.82, 2.24) is 0 Å². The Morgan fingerprint density at radius 2 is 2.09 bits per heavy atom. The van der Waals surface area contributed by atoms with E-state index in [1.807, 2.05) is 0 Å². The van der Waals surface area contributed by atoms with E-state index in [9.17, 15) is 0 Å². The van der Waals surface area contributed by atoms with Gasteiger partial charge in [0.05, 0.1) is 0 Å². The summed E-state index contributed by atoms with van der Waals surface area (Å²) in [6.45, 7) is 7.31. The molecule has 0 nitrogen and oxygen atoms in total. The highest BCUT2D eigenvalue weighted by atomic mass is 28.3. The maximum Gasteiger partial charge on any atom is 0.0445 e. The van der Waals surface area contributed by atoms with Gasteiger partial charge in [-0.1, -0.05) is 49.5 Å². The van der Waals surface area contributed by atoms with Crippen LogP contribution in [0.3, 0.4) is 0 Å². The zero-order chi connectivity index (χ0) is 8.32. The third-order valence-electron chi connectivity index (χ3n) is 2.01. The zero-order valence-electron chi connectivity index (χ0n) is 7.85. The average molecular weight is 166 g/mol. The van der Waals surface area contributed by atoms with Crippen molar-refractivity contribution in [1.29, 1.82) is 0 Å². The Kier molecular flexibility index (Phi) is 2.71. The Balaban J connectivity index is 2.28. The van der Waals surface area contributed by atoms with Crippen molar-refractivity contribution < 1.29 is 0 Å². The Morgan fingerprint density at radius 3 is 2.55 bits per heavy atom. The lowest BCUT2D eigenvalue weighted by atomic mass is 10.2. The van der Waals surface area contributed by atoms with Crippen LogP contribution in [0.5, 0.6) is 0 Å². The molecule has 1 aliphatic carbocycles. The fourth-order valence-corrected chi connectivity index (χ4v) is 2.25. The van der Waals surface area contributed by atoms with Gasteiger partial charge in [-0.15, -0.1) is 0 Å². The van der Waals surface area contributed by atoms with Crippen molar-refractivity contribution in [3.63, 3.8) is 0 Å². The van der Waals surface area contributed by atoms with Crippen LogP contribution < -0.4 is 0 Å². The van der Waals surface area contributed by atoms with Gasteiger partial charge in [0.1, 0.15) is 0 Å². The highest BCUT2D eigenvalue weighted by molar-refractivity contribution is 6.76. The molecule has 1 rings (SSSR count). The van der Waals surface area contributed by atoms with Gasteiger partial charge in [0.25, 0.3) is 0 Å². The summed E-state index contributed by atoms with van der Waals surface area (Å²) in [5.41, 5.74) is 1.56. The molecule has 0 amide bonds. The summed E-state index contributed by atoms with van der Waals surface area (Å²) in [6.07, 6.45) is 9.35. The predicted molar refractivity (Wildman–Crippen MR) is 54.6 cm³/mol. The highest BCUT2D eigenvalue weighted by Crippen LogP contribution is 2.20. The quantitative estimate of drug-likeness (QED) is 0.562. The molecule has 0 bridgehead atoms. The molecule has 0 aliphatic heterocycles. The van der Waals surface area contributed by atoms with Crippen LogP contribution in [-0.2, 0) is 0 Å². The molecule has 62 valence electrons. The largest absolute Gasteiger partial charge is 0.0805 e. The molecule has 0 fully saturated rings. The molecule has 0 radical (unpaired) electrons. The topological polar surface area (TPSA) is 0 Å². The first-order valence-electron chi connectivity index (χ1n) is 4.43. The van der Waals surface area contributed by atoms with Crippen molar-refractivity contribution in [3.8, 4) is 0 Å². The molecular formula is C10H18Si. The van der Waals surface area contributed by atoms with Gasteiger partial charge in [0.2, 0.25) is 0 Å². The van der Waals surface area contributed by atoms with Gasteiger partial charge in [0, 0.05) is 8.07 Å². The lowest BCUT2D eigenvalue weighted by Crippen LogP contribution is -2.18. The van der Waals surface area contributed by atoms with Crippen LogP contribution in [0.1, 0.15) is 12.8 Å². The molecule has 0 saturated carbocycles. The fourth-order valence-electron chi connectivity index (χ4n) is 1.21. The molecule has 0 saturated heterocycles. The molecule has 0 spiro atoms. The van der Waals surface area contributed by atoms with Crippen molar-refractivity contribution in [3.05, 3.63) is 23.8 Å². The van der Waals surface area contributed by atoms with Crippen LogP contribution in [-0.4, -0.2) is 8.07 Å². The Bertz CT molecular complexity index is 182. The second-order valence-corrected chi connectivity index (χ2v) is 10.1. The summed E-state index contributed by atoms with van der Waals surface area (Å²) >= 11 is 0. The van der Waals surface area contributed by atoms with E-state index >= 15 is 0 Å². The summed E-state index contributed by atoms with van der Waals surface area (Å²) in [4.78, 5) is 0. The summed E-state index contributed by atoms with van der Waals surface area (Å²) < 4.78 is 0. The van der Waals surface area contributed by atoms with Crippen LogP contribution in [0.15, 0.2) is 23.8 Å². The van der Waals surface area contributed by atoms with Crippen molar-refractivity contribution >= 4 is 8.07 Å². The second kappa shape index (κ2) is 3.40. The first-order chi connectivity index (χ1) is 5.08. The maximum atomic E-state index is 2.44. The molecule has 0 N–H and O–H groups in total. The lowest BCUT2D eigenvalue weighted by Gasteiger charge is -2.14. The molecule has 1 aliphatic rings. The molecular weight excluding hydrogens is 148 g/mol. The van der Waals surface area contributed by atoms with Gasteiger partial charge < -0.3 is 0 Å². The molecule has 0 atom stereocenters. The zero-order valence-corrected chi connectivity index (χ0v) is 8.85. The first-order valence-corrected chi connectivity index (χ1v) is 8.14. The number of hydrogen-bond acceptors (Lipinski definition) is 0. The highest BCUT2D eigenvalue weighted by Gasteiger charge is 2.12. The van der Waals surface area contributed by atoms with Crippen molar-refractivity contribution in [2.24, 2.45) is 0 Å². The minimum absolute atomic E-state index is 0.799. The Morgan fingerprint density at radius 1 is 1.36 bits per heavy atom. The van der Waals surface area contributed by atoms with Crippen molar-refractivity contribution in [2.75, 3.05) is 0 Å². The number of hydrogen-bond donors (Lipinski definition) is 0. The Labute approximate surface area is 71.0 Å². The van der Waals surface area contributed by atoms with Crippen LogP contribution in [0.4, 0.5) is 0 Å². The molecule has 0 unspecified atom stereocenters. The normalized spacial score (nSPS) is 17.2. The second-order valence-electron chi connectivity index (χ2n) is 4.48. The average Bonchev–Trinajstić information content (AvgIpc) is 2.32. The van der Waals surface area contributed by atoms with E-state index in [-0.39, 0.29) is 0 Å². The minimum atomic E-state index is -0.799. The van der Waals surface area contributed by atoms with Gasteiger partial charge in [-0.05, 0) is 12.8 Å². The fraction of sp³-hybridized carbons (Fsp3) is 0.600. The van der Waals surface area contributed by atoms with Gasteiger partial charge in [-0.25, -0.2) is 0 Å². The summed E-state index contributed by atoms with van der Waals surface area (Å²) in [5, 5.41) is 0. The van der Waals surface area contributed by atoms with E-state index in [4.69, 9.17) is 0 Å². The van der Waals surface area contributed by atoms with Crippen LogP contribution in [0.25, 0.3) is 0 Å². The van der Waals surface area contributed by atoms with E-state index in [1.54, 1.807) is 5.57 Å². The summed E-state index contributed by atoms with van der Waals surface area (Å²) in [6, 6.07) is 1.43. The van der Waals surface area contributed by atoms with Gasteiger partial charge in [0.15, 0.2) is 0 Å². The first kappa shape index (κ1) is 8.79. The van der Waals surface area contributed by atoms with Gasteiger partial charge in [-0.2, -0.15) is 0 Å². The predicted octanol–water partition coefficient (Wildman–Crippen LogP) is 3.60.